The number of alkyl halides is 1. The van der Waals surface area contributed by atoms with E-state index in [-0.39, 0.29) is 4.83 Å². The van der Waals surface area contributed by atoms with Crippen LogP contribution in [0.4, 0.5) is 0 Å². The second-order valence-corrected chi connectivity index (χ2v) is 7.22. The molecular formula is C12H9BrClIS. The zero-order valence-electron chi connectivity index (χ0n) is 8.51. The molecule has 84 valence electrons. The van der Waals surface area contributed by atoms with Crippen molar-refractivity contribution in [3.8, 4) is 0 Å². The Labute approximate surface area is 126 Å². The van der Waals surface area contributed by atoms with Crippen molar-refractivity contribution in [2.45, 2.75) is 11.8 Å². The van der Waals surface area contributed by atoms with Gasteiger partial charge < -0.3 is 0 Å². The predicted octanol–water partition coefficient (Wildman–Crippen LogP) is 5.80. The number of rotatable bonds is 2. The average molecular weight is 428 g/mol. The zero-order chi connectivity index (χ0) is 11.7. The van der Waals surface area contributed by atoms with Gasteiger partial charge in [0.25, 0.3) is 0 Å². The lowest BCUT2D eigenvalue weighted by atomic mass is 10.1. The minimum Gasteiger partial charge on any atom is -0.127 e. The van der Waals surface area contributed by atoms with Gasteiger partial charge in [-0.15, -0.1) is 11.3 Å². The van der Waals surface area contributed by atoms with Crippen molar-refractivity contribution in [2.24, 2.45) is 0 Å². The molecule has 0 aliphatic rings. The molecule has 0 spiro atoms. The molecule has 0 aliphatic carbocycles. The molecule has 4 heteroatoms. The average Bonchev–Trinajstić information content (AvgIpc) is 2.68. The van der Waals surface area contributed by atoms with Gasteiger partial charge in [-0.2, -0.15) is 0 Å². The van der Waals surface area contributed by atoms with Crippen LogP contribution in [0.15, 0.2) is 30.3 Å². The number of benzene rings is 1. The van der Waals surface area contributed by atoms with E-state index in [0.717, 1.165) is 4.34 Å². The molecule has 0 aliphatic heterocycles. The molecule has 16 heavy (non-hydrogen) atoms. The normalized spacial score (nSPS) is 12.8. The quantitative estimate of drug-likeness (QED) is 0.420. The van der Waals surface area contributed by atoms with Crippen LogP contribution in [0.3, 0.4) is 0 Å². The SMILES string of the molecule is Cc1cccc(C(Br)c2ccc(Cl)s2)c1I. The Hall–Kier alpha value is 0.420. The fourth-order valence-electron chi connectivity index (χ4n) is 1.48. The Morgan fingerprint density at radius 2 is 2.06 bits per heavy atom. The van der Waals surface area contributed by atoms with Crippen LogP contribution in [0.1, 0.15) is 20.8 Å². The van der Waals surface area contributed by atoms with E-state index < -0.39 is 0 Å². The molecule has 0 bridgehead atoms. The summed E-state index contributed by atoms with van der Waals surface area (Å²) in [5.74, 6) is 0. The standard InChI is InChI=1S/C12H9BrClIS/c1-7-3-2-4-8(12(7)15)11(13)9-5-6-10(14)16-9/h2-6,11H,1H3. The fourth-order valence-corrected chi connectivity index (χ4v) is 4.46. The van der Waals surface area contributed by atoms with Crippen molar-refractivity contribution >= 4 is 61.5 Å². The molecule has 1 aromatic heterocycles. The van der Waals surface area contributed by atoms with Crippen LogP contribution in [0.25, 0.3) is 0 Å². The van der Waals surface area contributed by atoms with Crippen molar-refractivity contribution in [3.63, 3.8) is 0 Å². The molecule has 0 amide bonds. The first kappa shape index (κ1) is 12.9. The molecule has 0 N–H and O–H groups in total. The molecule has 2 aromatic rings. The van der Waals surface area contributed by atoms with Crippen LogP contribution in [0.5, 0.6) is 0 Å². The topological polar surface area (TPSA) is 0 Å². The lowest BCUT2D eigenvalue weighted by molar-refractivity contribution is 1.18. The summed E-state index contributed by atoms with van der Waals surface area (Å²) >= 11 is 13.7. The van der Waals surface area contributed by atoms with Gasteiger partial charge in [0, 0.05) is 8.45 Å². The van der Waals surface area contributed by atoms with E-state index >= 15 is 0 Å². The van der Waals surface area contributed by atoms with Crippen molar-refractivity contribution in [2.75, 3.05) is 0 Å². The maximum atomic E-state index is 5.96. The Kier molecular flexibility index (Phi) is 4.32. The van der Waals surface area contributed by atoms with E-state index in [4.69, 9.17) is 11.6 Å². The van der Waals surface area contributed by atoms with Crippen LogP contribution in [0, 0.1) is 10.5 Å². The first-order valence-corrected chi connectivity index (χ1v) is 7.93. The third kappa shape index (κ3) is 2.63. The highest BCUT2D eigenvalue weighted by atomic mass is 127. The Morgan fingerprint density at radius 1 is 1.31 bits per heavy atom. The second-order valence-electron chi connectivity index (χ2n) is 3.48. The number of halogens is 3. The summed E-state index contributed by atoms with van der Waals surface area (Å²) in [6, 6.07) is 10.4. The third-order valence-corrected chi connectivity index (χ3v) is 6.40. The second kappa shape index (κ2) is 5.38. The van der Waals surface area contributed by atoms with Crippen LogP contribution in [-0.2, 0) is 0 Å². The summed E-state index contributed by atoms with van der Waals surface area (Å²) in [7, 11) is 0. The van der Waals surface area contributed by atoms with E-state index in [2.05, 4.69) is 69.7 Å². The Morgan fingerprint density at radius 3 is 2.69 bits per heavy atom. The van der Waals surface area contributed by atoms with Gasteiger partial charge >= 0.3 is 0 Å². The van der Waals surface area contributed by atoms with Crippen molar-refractivity contribution in [1.82, 2.24) is 0 Å². The Bertz CT molecular complexity index is 509. The number of thiophene rings is 1. The molecule has 0 fully saturated rings. The highest BCUT2D eigenvalue weighted by Crippen LogP contribution is 2.39. The zero-order valence-corrected chi connectivity index (χ0v) is 13.8. The summed E-state index contributed by atoms with van der Waals surface area (Å²) in [5, 5.41) is 0. The lowest BCUT2D eigenvalue weighted by Crippen LogP contribution is -1.95. The first-order chi connectivity index (χ1) is 7.59. The van der Waals surface area contributed by atoms with Crippen LogP contribution >= 0.6 is 61.5 Å². The van der Waals surface area contributed by atoms with E-state index in [1.54, 1.807) is 11.3 Å². The molecular weight excluding hydrogens is 418 g/mol. The molecule has 0 saturated heterocycles. The van der Waals surface area contributed by atoms with Crippen molar-refractivity contribution in [1.29, 1.82) is 0 Å². The van der Waals surface area contributed by atoms with Crippen LogP contribution in [-0.4, -0.2) is 0 Å². The molecule has 1 aromatic carbocycles. The summed E-state index contributed by atoms with van der Waals surface area (Å²) in [6.07, 6.45) is 0. The van der Waals surface area contributed by atoms with E-state index in [9.17, 15) is 0 Å². The molecule has 0 radical (unpaired) electrons. The molecule has 2 rings (SSSR count). The van der Waals surface area contributed by atoms with Gasteiger partial charge in [0.1, 0.15) is 0 Å². The maximum Gasteiger partial charge on any atom is 0.0931 e. The first-order valence-electron chi connectivity index (χ1n) is 4.74. The minimum absolute atomic E-state index is 0.233. The number of aryl methyl sites for hydroxylation is 1. The number of hydrogen-bond donors (Lipinski definition) is 0. The molecule has 0 saturated carbocycles. The highest BCUT2D eigenvalue weighted by molar-refractivity contribution is 14.1. The van der Waals surface area contributed by atoms with Gasteiger partial charge in [0.05, 0.1) is 9.16 Å². The van der Waals surface area contributed by atoms with E-state index in [1.807, 2.05) is 6.07 Å². The van der Waals surface area contributed by atoms with E-state index in [0.29, 0.717) is 0 Å². The van der Waals surface area contributed by atoms with Gasteiger partial charge in [0.15, 0.2) is 0 Å². The maximum absolute atomic E-state index is 5.96. The van der Waals surface area contributed by atoms with Crippen molar-refractivity contribution < 1.29 is 0 Å². The fraction of sp³-hybridized carbons (Fsp3) is 0.167. The van der Waals surface area contributed by atoms with Crippen LogP contribution in [0.2, 0.25) is 4.34 Å². The molecule has 1 atom stereocenters. The van der Waals surface area contributed by atoms with Crippen LogP contribution < -0.4 is 0 Å². The van der Waals surface area contributed by atoms with Gasteiger partial charge in [-0.25, -0.2) is 0 Å². The summed E-state index contributed by atoms with van der Waals surface area (Å²) < 4.78 is 2.15. The molecule has 1 heterocycles. The largest absolute Gasteiger partial charge is 0.127 e. The third-order valence-electron chi connectivity index (χ3n) is 2.34. The van der Waals surface area contributed by atoms with E-state index in [1.165, 1.54) is 19.6 Å². The number of hydrogen-bond acceptors (Lipinski definition) is 1. The Balaban J connectivity index is 2.41. The summed E-state index contributed by atoms with van der Waals surface area (Å²) in [4.78, 5) is 1.48. The smallest absolute Gasteiger partial charge is 0.0931 e. The van der Waals surface area contributed by atoms with Gasteiger partial charge in [-0.1, -0.05) is 45.7 Å². The minimum atomic E-state index is 0.233. The summed E-state index contributed by atoms with van der Waals surface area (Å²) in [5.41, 5.74) is 2.62. The monoisotopic (exact) mass is 426 g/mol. The lowest BCUT2D eigenvalue weighted by Gasteiger charge is -2.12. The summed E-state index contributed by atoms with van der Waals surface area (Å²) in [6.45, 7) is 2.13. The molecule has 1 unspecified atom stereocenters. The van der Waals surface area contributed by atoms with Gasteiger partial charge in [-0.05, 0) is 52.8 Å². The van der Waals surface area contributed by atoms with Gasteiger partial charge in [-0.3, -0.25) is 0 Å². The van der Waals surface area contributed by atoms with Gasteiger partial charge in [0.2, 0.25) is 0 Å². The van der Waals surface area contributed by atoms with Crippen molar-refractivity contribution in [3.05, 3.63) is 54.2 Å². The molecule has 0 nitrogen and oxygen atoms in total. The predicted molar refractivity (Wildman–Crippen MR) is 84.0 cm³/mol. The highest BCUT2D eigenvalue weighted by Gasteiger charge is 2.16.